The van der Waals surface area contributed by atoms with Crippen LogP contribution in [0.1, 0.15) is 45.7 Å². The number of hydrogen-bond donors (Lipinski definition) is 0. The van der Waals surface area contributed by atoms with Crippen molar-refractivity contribution < 1.29 is 0 Å². The van der Waals surface area contributed by atoms with Gasteiger partial charge in [-0.25, -0.2) is 9.97 Å². The van der Waals surface area contributed by atoms with E-state index in [0.29, 0.717) is 5.92 Å². The van der Waals surface area contributed by atoms with Crippen molar-refractivity contribution in [2.75, 3.05) is 0 Å². The van der Waals surface area contributed by atoms with Crippen molar-refractivity contribution in [2.45, 2.75) is 47.5 Å². The minimum atomic E-state index is 0.140. The molecule has 178 valence electrons. The number of fused-ring (bicyclic) bond motifs is 7. The number of benzene rings is 4. The lowest BCUT2D eigenvalue weighted by molar-refractivity contribution is 0.413. The van der Waals surface area contributed by atoms with Gasteiger partial charge in [-0.1, -0.05) is 77.1 Å². The van der Waals surface area contributed by atoms with Crippen LogP contribution in [0.25, 0.3) is 59.9 Å². The molecule has 0 saturated heterocycles. The topological polar surface area (TPSA) is 30.2 Å². The first-order valence-corrected chi connectivity index (χ1v) is 13.1. The van der Waals surface area contributed by atoms with Crippen LogP contribution in [0.2, 0.25) is 0 Å². The Morgan fingerprint density at radius 2 is 1.56 bits per heavy atom. The summed E-state index contributed by atoms with van der Waals surface area (Å²) in [5, 5.41) is 7.69. The van der Waals surface area contributed by atoms with Crippen molar-refractivity contribution in [3.63, 3.8) is 0 Å². The molecule has 3 heteroatoms. The van der Waals surface area contributed by atoms with Gasteiger partial charge in [0.15, 0.2) is 0 Å². The fraction of sp³-hybridized carbons (Fsp3) is 0.273. The molecule has 0 fully saturated rings. The van der Waals surface area contributed by atoms with Crippen molar-refractivity contribution in [1.29, 1.82) is 0 Å². The van der Waals surface area contributed by atoms with E-state index in [-0.39, 0.29) is 5.41 Å². The molecular weight excluding hydrogens is 438 g/mol. The van der Waals surface area contributed by atoms with Crippen LogP contribution in [0.5, 0.6) is 0 Å². The molecule has 4 aromatic carbocycles. The molecule has 3 nitrogen and oxygen atoms in total. The Morgan fingerprint density at radius 1 is 0.806 bits per heavy atom. The molecule has 3 heterocycles. The van der Waals surface area contributed by atoms with Gasteiger partial charge in [-0.05, 0) is 64.3 Å². The summed E-state index contributed by atoms with van der Waals surface area (Å²) in [6, 6.07) is 22.4. The van der Waals surface area contributed by atoms with Gasteiger partial charge in [-0.3, -0.25) is 0 Å². The summed E-state index contributed by atoms with van der Waals surface area (Å²) in [6.45, 7) is 11.6. The first-order valence-electron chi connectivity index (χ1n) is 13.1. The zero-order chi connectivity index (χ0) is 24.8. The maximum Gasteiger partial charge on any atom is 0.116 e. The van der Waals surface area contributed by atoms with E-state index in [1.54, 1.807) is 6.33 Å². The summed E-state index contributed by atoms with van der Waals surface area (Å²) in [7, 11) is 0. The Kier molecular flexibility index (Phi) is 4.43. The molecule has 0 N–H and O–H groups in total. The third kappa shape index (κ3) is 2.98. The van der Waals surface area contributed by atoms with E-state index in [0.717, 1.165) is 23.9 Å². The number of aromatic nitrogens is 3. The lowest BCUT2D eigenvalue weighted by atomic mass is 9.84. The summed E-state index contributed by atoms with van der Waals surface area (Å²) >= 11 is 0. The molecule has 0 radical (unpaired) electrons. The lowest BCUT2D eigenvalue weighted by Gasteiger charge is -2.23. The molecule has 0 saturated carbocycles. The van der Waals surface area contributed by atoms with Crippen LogP contribution in [0.3, 0.4) is 0 Å². The van der Waals surface area contributed by atoms with Crippen molar-refractivity contribution >= 4 is 59.9 Å². The van der Waals surface area contributed by atoms with Gasteiger partial charge in [0.25, 0.3) is 0 Å². The second-order valence-corrected chi connectivity index (χ2v) is 12.0. The molecule has 36 heavy (non-hydrogen) atoms. The Hall–Kier alpha value is -3.72. The molecule has 0 atom stereocenters. The number of hydrogen-bond acceptors (Lipinski definition) is 2. The van der Waals surface area contributed by atoms with Crippen LogP contribution in [0.4, 0.5) is 0 Å². The summed E-state index contributed by atoms with van der Waals surface area (Å²) in [4.78, 5) is 9.74. The second kappa shape index (κ2) is 7.39. The summed E-state index contributed by atoms with van der Waals surface area (Å²) in [6.07, 6.45) is 3.77. The molecule has 0 aliphatic heterocycles. The molecule has 0 spiro atoms. The quantitative estimate of drug-likeness (QED) is 0.191. The number of pyridine rings is 1. The van der Waals surface area contributed by atoms with Crippen LogP contribution < -0.4 is 0 Å². The van der Waals surface area contributed by atoms with Crippen molar-refractivity contribution in [2.24, 2.45) is 11.3 Å². The highest BCUT2D eigenvalue weighted by Gasteiger charge is 2.25. The molecule has 3 aromatic heterocycles. The van der Waals surface area contributed by atoms with Gasteiger partial charge >= 0.3 is 0 Å². The maximum atomic E-state index is 4.94. The van der Waals surface area contributed by atoms with Crippen LogP contribution in [0, 0.1) is 11.3 Å². The minimum Gasteiger partial charge on any atom is -0.307 e. The SMILES string of the molecule is CC(C)Cc1cc2ncnc3c4cc5ccccc5c(CC(C)(C)C)c4n4c5ccccc5c1c4c23. The van der Waals surface area contributed by atoms with Crippen LogP contribution >= 0.6 is 0 Å². The summed E-state index contributed by atoms with van der Waals surface area (Å²) in [5.41, 5.74) is 8.88. The van der Waals surface area contributed by atoms with Gasteiger partial charge in [0.2, 0.25) is 0 Å². The molecule has 0 aliphatic rings. The van der Waals surface area contributed by atoms with E-state index in [2.05, 4.69) is 99.7 Å². The average molecular weight is 470 g/mol. The normalized spacial score (nSPS) is 13.1. The van der Waals surface area contributed by atoms with E-state index >= 15 is 0 Å². The molecule has 7 rings (SSSR count). The first-order chi connectivity index (χ1) is 17.3. The minimum absolute atomic E-state index is 0.140. The van der Waals surface area contributed by atoms with Gasteiger partial charge in [-0.15, -0.1) is 0 Å². The van der Waals surface area contributed by atoms with Gasteiger partial charge < -0.3 is 4.40 Å². The number of para-hydroxylation sites is 1. The van der Waals surface area contributed by atoms with E-state index in [1.807, 2.05) is 0 Å². The largest absolute Gasteiger partial charge is 0.307 e. The van der Waals surface area contributed by atoms with Crippen molar-refractivity contribution in [1.82, 2.24) is 14.4 Å². The monoisotopic (exact) mass is 469 g/mol. The zero-order valence-electron chi connectivity index (χ0n) is 21.7. The van der Waals surface area contributed by atoms with E-state index < -0.39 is 0 Å². The molecule has 0 amide bonds. The fourth-order valence-corrected chi connectivity index (χ4v) is 6.38. The highest BCUT2D eigenvalue weighted by Crippen LogP contribution is 2.45. The third-order valence-corrected chi connectivity index (χ3v) is 7.56. The van der Waals surface area contributed by atoms with Crippen LogP contribution in [-0.2, 0) is 12.8 Å². The van der Waals surface area contributed by atoms with Crippen LogP contribution in [-0.4, -0.2) is 14.4 Å². The van der Waals surface area contributed by atoms with Crippen LogP contribution in [0.15, 0.2) is 67.0 Å². The van der Waals surface area contributed by atoms with Gasteiger partial charge in [0, 0.05) is 16.2 Å². The molecule has 0 aliphatic carbocycles. The van der Waals surface area contributed by atoms with E-state index in [1.165, 1.54) is 60.0 Å². The standard InChI is InChI=1S/C33H31N3/c1-19(2)14-21-16-26-29-30(35-18-34-26)24-15-20-10-6-7-11-22(20)25(17-33(3,4)5)31(24)36-27-13-9-8-12-23(27)28(21)32(29)36/h6-13,15-16,18-19H,14,17H2,1-5H3. The molecule has 0 bridgehead atoms. The van der Waals surface area contributed by atoms with E-state index in [4.69, 9.17) is 9.97 Å². The Labute approximate surface area is 211 Å². The highest BCUT2D eigenvalue weighted by molar-refractivity contribution is 6.29. The fourth-order valence-electron chi connectivity index (χ4n) is 6.38. The highest BCUT2D eigenvalue weighted by atomic mass is 14.9. The molecule has 0 unspecified atom stereocenters. The summed E-state index contributed by atoms with van der Waals surface area (Å²) in [5.74, 6) is 0.560. The number of rotatable bonds is 3. The maximum absolute atomic E-state index is 4.94. The van der Waals surface area contributed by atoms with Crippen molar-refractivity contribution in [3.8, 4) is 0 Å². The van der Waals surface area contributed by atoms with E-state index in [9.17, 15) is 0 Å². The predicted octanol–water partition coefficient (Wildman–Crippen LogP) is 8.72. The Bertz CT molecular complexity index is 1950. The number of nitrogens with zero attached hydrogens (tertiary/aromatic N) is 3. The molecule has 7 aromatic rings. The first kappa shape index (κ1) is 21.6. The van der Waals surface area contributed by atoms with Gasteiger partial charge in [-0.2, -0.15) is 0 Å². The predicted molar refractivity (Wildman–Crippen MR) is 153 cm³/mol. The smallest absolute Gasteiger partial charge is 0.116 e. The average Bonchev–Trinajstić information content (AvgIpc) is 3.18. The lowest BCUT2D eigenvalue weighted by Crippen LogP contribution is -2.11. The molecular formula is C33H31N3. The Balaban J connectivity index is 1.85. The second-order valence-electron chi connectivity index (χ2n) is 12.0. The third-order valence-electron chi connectivity index (χ3n) is 7.56. The Morgan fingerprint density at radius 3 is 2.33 bits per heavy atom. The van der Waals surface area contributed by atoms with Gasteiger partial charge in [0.05, 0.1) is 33.0 Å². The van der Waals surface area contributed by atoms with Crippen molar-refractivity contribution in [3.05, 3.63) is 78.1 Å². The van der Waals surface area contributed by atoms with Gasteiger partial charge in [0.1, 0.15) is 6.33 Å². The zero-order valence-corrected chi connectivity index (χ0v) is 21.7. The summed E-state index contributed by atoms with van der Waals surface area (Å²) < 4.78 is 2.55.